The van der Waals surface area contributed by atoms with Gasteiger partial charge in [0.1, 0.15) is 0 Å². The van der Waals surface area contributed by atoms with Crippen LogP contribution in [0, 0.1) is 0 Å². The van der Waals surface area contributed by atoms with Crippen LogP contribution >= 0.6 is 11.3 Å². The van der Waals surface area contributed by atoms with Gasteiger partial charge in [0.25, 0.3) is 0 Å². The molecular formula is C20H24F3N5OS. The Morgan fingerprint density at radius 3 is 2.30 bits per heavy atom. The Kier molecular flexibility index (Phi) is 5.73. The Morgan fingerprint density at radius 1 is 1.10 bits per heavy atom. The molecule has 0 aliphatic carbocycles. The number of halogens is 3. The zero-order valence-electron chi connectivity index (χ0n) is 16.9. The Balaban J connectivity index is 1.74. The second-order valence-corrected chi connectivity index (χ2v) is 8.37. The fraction of sp³-hybridized carbons (Fsp3) is 0.500. The summed E-state index contributed by atoms with van der Waals surface area (Å²) in [6.45, 7) is 8.26. The molecule has 1 saturated heterocycles. The molecule has 2 aromatic heterocycles. The number of hydrogen-bond acceptors (Lipinski definition) is 6. The minimum Gasteiger partial charge on any atom is -0.492 e. The van der Waals surface area contributed by atoms with Crippen LogP contribution in [-0.4, -0.2) is 62.2 Å². The van der Waals surface area contributed by atoms with Crippen molar-refractivity contribution in [2.45, 2.75) is 32.5 Å². The molecule has 0 radical (unpaired) electrons. The highest BCUT2D eigenvalue weighted by Crippen LogP contribution is 2.41. The number of aromatic nitrogens is 3. The zero-order chi connectivity index (χ0) is 21.5. The topological polar surface area (TPSA) is 56.9 Å². The lowest BCUT2D eigenvalue weighted by Crippen LogP contribution is -2.47. The lowest BCUT2D eigenvalue weighted by Gasteiger charge is -2.38. The lowest BCUT2D eigenvalue weighted by molar-refractivity contribution is -0.137. The van der Waals surface area contributed by atoms with E-state index in [4.69, 9.17) is 0 Å². The highest BCUT2D eigenvalue weighted by molar-refractivity contribution is 7.17. The summed E-state index contributed by atoms with van der Waals surface area (Å²) in [5.41, 5.74) is 0.0312. The summed E-state index contributed by atoms with van der Waals surface area (Å²) >= 11 is 1.33. The van der Waals surface area contributed by atoms with Gasteiger partial charge in [-0.2, -0.15) is 17.7 Å². The fourth-order valence-electron chi connectivity index (χ4n) is 3.84. The smallest absolute Gasteiger partial charge is 0.416 e. The monoisotopic (exact) mass is 439 g/mol. The number of piperazine rings is 1. The van der Waals surface area contributed by atoms with Crippen LogP contribution in [0.4, 0.5) is 13.2 Å². The van der Waals surface area contributed by atoms with E-state index in [1.165, 1.54) is 28.0 Å². The number of alkyl halides is 3. The third-order valence-corrected chi connectivity index (χ3v) is 6.65. The van der Waals surface area contributed by atoms with Gasteiger partial charge in [0.15, 0.2) is 5.82 Å². The molecule has 162 valence electrons. The van der Waals surface area contributed by atoms with Crippen molar-refractivity contribution < 1.29 is 18.3 Å². The first-order valence-corrected chi connectivity index (χ1v) is 10.8. The van der Waals surface area contributed by atoms with Crippen molar-refractivity contribution in [3.8, 4) is 5.88 Å². The number of aromatic hydroxyl groups is 1. The molecule has 30 heavy (non-hydrogen) atoms. The van der Waals surface area contributed by atoms with Crippen LogP contribution in [0.1, 0.15) is 41.7 Å². The van der Waals surface area contributed by atoms with Crippen molar-refractivity contribution in [3.63, 3.8) is 0 Å². The standard InChI is InChI=1S/C20H24F3N5OS/c1-3-15-24-19-28(25-15)18(29)17(30-19)16(27-11-9-26(4-2)10-12-27)13-5-7-14(8-6-13)20(21,22)23/h5-8,16,29H,3-4,9-12H2,1-2H3/t16-/m1/s1. The second-order valence-electron chi connectivity index (χ2n) is 7.36. The van der Waals surface area contributed by atoms with Crippen molar-refractivity contribution in [1.29, 1.82) is 0 Å². The minimum atomic E-state index is -4.38. The highest BCUT2D eigenvalue weighted by Gasteiger charge is 2.34. The average molecular weight is 440 g/mol. The molecular weight excluding hydrogens is 415 g/mol. The number of rotatable bonds is 5. The molecule has 1 atom stereocenters. The van der Waals surface area contributed by atoms with Gasteiger partial charge in [-0.1, -0.05) is 37.3 Å². The Hall–Kier alpha value is -2.17. The molecule has 0 bridgehead atoms. The Bertz CT molecular complexity index is 1010. The summed E-state index contributed by atoms with van der Waals surface area (Å²) in [5, 5.41) is 15.2. The quantitative estimate of drug-likeness (QED) is 0.655. The fourth-order valence-corrected chi connectivity index (χ4v) is 4.97. The Labute approximate surface area is 176 Å². The van der Waals surface area contributed by atoms with Crippen molar-refractivity contribution in [3.05, 3.63) is 46.1 Å². The normalized spacial score (nSPS) is 17.6. The molecule has 1 fully saturated rings. The van der Waals surface area contributed by atoms with E-state index in [0.717, 1.165) is 44.9 Å². The largest absolute Gasteiger partial charge is 0.492 e. The van der Waals surface area contributed by atoms with Crippen molar-refractivity contribution in [2.75, 3.05) is 32.7 Å². The zero-order valence-corrected chi connectivity index (χ0v) is 17.7. The van der Waals surface area contributed by atoms with E-state index in [2.05, 4.69) is 26.8 Å². The summed E-state index contributed by atoms with van der Waals surface area (Å²) in [5.74, 6) is 0.649. The molecule has 1 aromatic carbocycles. The molecule has 6 nitrogen and oxygen atoms in total. The molecule has 10 heteroatoms. The Morgan fingerprint density at radius 2 is 1.77 bits per heavy atom. The molecule has 0 saturated carbocycles. The molecule has 3 aromatic rings. The van der Waals surface area contributed by atoms with Gasteiger partial charge >= 0.3 is 6.18 Å². The summed E-state index contributed by atoms with van der Waals surface area (Å²) in [6.07, 6.45) is -3.72. The van der Waals surface area contributed by atoms with Crippen LogP contribution < -0.4 is 0 Å². The molecule has 1 aliphatic heterocycles. The summed E-state index contributed by atoms with van der Waals surface area (Å²) in [4.78, 5) is 10.2. The minimum absolute atomic E-state index is 0.00465. The highest BCUT2D eigenvalue weighted by atomic mass is 32.1. The number of thiazole rings is 1. The van der Waals surface area contributed by atoms with E-state index in [9.17, 15) is 18.3 Å². The van der Waals surface area contributed by atoms with E-state index in [1.54, 1.807) is 0 Å². The van der Waals surface area contributed by atoms with E-state index >= 15 is 0 Å². The van der Waals surface area contributed by atoms with Crippen molar-refractivity contribution in [1.82, 2.24) is 24.4 Å². The summed E-state index contributed by atoms with van der Waals surface area (Å²) in [6, 6.07) is 4.87. The van der Waals surface area contributed by atoms with Gasteiger partial charge in [-0.05, 0) is 24.2 Å². The molecule has 3 heterocycles. The number of likely N-dealkylation sites (N-methyl/N-ethyl adjacent to an activating group) is 1. The molecule has 0 unspecified atom stereocenters. The van der Waals surface area contributed by atoms with E-state index in [-0.39, 0.29) is 11.9 Å². The van der Waals surface area contributed by atoms with Crippen molar-refractivity contribution in [2.24, 2.45) is 0 Å². The number of nitrogens with zero attached hydrogens (tertiary/aromatic N) is 5. The first kappa shape index (κ1) is 21.1. The SMILES string of the molecule is CCc1nc2sc([C@@H](c3ccc(C(F)(F)F)cc3)N3CCN(CC)CC3)c(O)n2n1. The number of hydrogen-bond donors (Lipinski definition) is 1. The molecule has 1 aliphatic rings. The number of aryl methyl sites for hydroxylation is 1. The van der Waals surface area contributed by atoms with Crippen molar-refractivity contribution >= 4 is 16.3 Å². The van der Waals surface area contributed by atoms with Gasteiger partial charge < -0.3 is 10.0 Å². The molecule has 4 rings (SSSR count). The first-order chi connectivity index (χ1) is 14.3. The predicted molar refractivity (Wildman–Crippen MR) is 109 cm³/mol. The summed E-state index contributed by atoms with van der Waals surface area (Å²) < 4.78 is 40.5. The third-order valence-electron chi connectivity index (χ3n) is 5.58. The van der Waals surface area contributed by atoms with Gasteiger partial charge in [-0.15, -0.1) is 5.10 Å². The van der Waals surface area contributed by atoms with Gasteiger partial charge in [-0.3, -0.25) is 4.90 Å². The van der Waals surface area contributed by atoms with Crippen LogP contribution in [0.25, 0.3) is 4.96 Å². The van der Waals surface area contributed by atoms with Crippen LogP contribution in [0.15, 0.2) is 24.3 Å². The molecule has 0 amide bonds. The van der Waals surface area contributed by atoms with Gasteiger partial charge in [0, 0.05) is 32.6 Å². The summed E-state index contributed by atoms with van der Waals surface area (Å²) in [7, 11) is 0. The third kappa shape index (κ3) is 3.91. The van der Waals surface area contributed by atoms with Gasteiger partial charge in [-0.25, -0.2) is 4.98 Å². The van der Waals surface area contributed by atoms with Crippen LogP contribution in [-0.2, 0) is 12.6 Å². The predicted octanol–water partition coefficient (Wildman–Crippen LogP) is 3.80. The van der Waals surface area contributed by atoms with Gasteiger partial charge in [0.05, 0.1) is 16.5 Å². The maximum Gasteiger partial charge on any atom is 0.416 e. The maximum atomic E-state index is 13.0. The van der Waals surface area contributed by atoms with Crippen LogP contribution in [0.5, 0.6) is 5.88 Å². The average Bonchev–Trinajstić information content (AvgIpc) is 3.28. The molecule has 1 N–H and O–H groups in total. The second kappa shape index (κ2) is 8.16. The maximum absolute atomic E-state index is 13.0. The number of benzene rings is 1. The first-order valence-electron chi connectivity index (χ1n) is 10.0. The van der Waals surface area contributed by atoms with E-state index in [0.29, 0.717) is 27.6 Å². The van der Waals surface area contributed by atoms with Crippen LogP contribution in [0.2, 0.25) is 0 Å². The lowest BCUT2D eigenvalue weighted by atomic mass is 10.0. The molecule has 0 spiro atoms. The van der Waals surface area contributed by atoms with Crippen LogP contribution in [0.3, 0.4) is 0 Å². The van der Waals surface area contributed by atoms with E-state index < -0.39 is 11.7 Å². The van der Waals surface area contributed by atoms with Gasteiger partial charge in [0.2, 0.25) is 10.8 Å². The number of fused-ring (bicyclic) bond motifs is 1. The van der Waals surface area contributed by atoms with E-state index in [1.807, 2.05) is 6.92 Å².